The van der Waals surface area contributed by atoms with E-state index in [1.54, 1.807) is 18.3 Å². The van der Waals surface area contributed by atoms with Crippen molar-refractivity contribution in [1.29, 1.82) is 0 Å². The number of rotatable bonds is 8. The van der Waals surface area contributed by atoms with Gasteiger partial charge in [-0.15, -0.1) is 0 Å². The van der Waals surface area contributed by atoms with Gasteiger partial charge >= 0.3 is 0 Å². The third kappa shape index (κ3) is 4.17. The first-order valence-corrected chi connectivity index (χ1v) is 9.77. The topological polar surface area (TPSA) is 153 Å². The number of nitrogens with one attached hydrogen (secondary N) is 3. The molecule has 0 atom stereocenters. The predicted octanol–water partition coefficient (Wildman–Crippen LogP) is 1.38. The first-order valence-electron chi connectivity index (χ1n) is 11.3. The average Bonchev–Trinajstić information content (AvgIpc) is 3.55. The summed E-state index contributed by atoms with van der Waals surface area (Å²) in [5.74, 6) is -1.24. The molecule has 2 heterocycles. The summed E-state index contributed by atoms with van der Waals surface area (Å²) in [6, 6.07) is 4.83. The lowest BCUT2D eigenvalue weighted by molar-refractivity contribution is -0.119. The van der Waals surface area contributed by atoms with Crippen LogP contribution in [0.3, 0.4) is 0 Å². The molecule has 0 saturated heterocycles. The van der Waals surface area contributed by atoms with E-state index in [-0.39, 0.29) is 35.4 Å². The molecule has 1 aromatic carbocycles. The first-order chi connectivity index (χ1) is 16.6. The number of methoxy groups -OCH3 is 1. The third-order valence-electron chi connectivity index (χ3n) is 5.00. The van der Waals surface area contributed by atoms with Gasteiger partial charge in [0.2, 0.25) is 11.8 Å². The average molecular weight is 440 g/mol. The monoisotopic (exact) mass is 440 g/mol. The molecule has 4 rings (SSSR count). The fourth-order valence-corrected chi connectivity index (χ4v) is 3.31. The quantitative estimate of drug-likeness (QED) is 0.413. The van der Waals surface area contributed by atoms with Gasteiger partial charge in [-0.05, 0) is 25.0 Å². The summed E-state index contributed by atoms with van der Waals surface area (Å²) >= 11 is 0. The van der Waals surface area contributed by atoms with Crippen molar-refractivity contribution < 1.29 is 23.2 Å². The van der Waals surface area contributed by atoms with E-state index >= 15 is 0 Å². The minimum Gasteiger partial charge on any atom is -0.492 e. The van der Waals surface area contributed by atoms with Crippen molar-refractivity contribution in [3.8, 4) is 5.75 Å². The normalized spacial score (nSPS) is 14.7. The van der Waals surface area contributed by atoms with Crippen LogP contribution in [0.5, 0.6) is 5.75 Å². The molecule has 32 heavy (non-hydrogen) atoms. The maximum absolute atomic E-state index is 12.7. The number of amides is 3. The number of hydrogen-bond acceptors (Lipinski definition) is 7. The summed E-state index contributed by atoms with van der Waals surface area (Å²) in [5, 5.41) is 12.5. The molecule has 0 unspecified atom stereocenters. The van der Waals surface area contributed by atoms with Crippen LogP contribution in [0, 0.1) is 5.92 Å². The van der Waals surface area contributed by atoms with Crippen LogP contribution in [-0.2, 0) is 16.1 Å². The summed E-state index contributed by atoms with van der Waals surface area (Å²) < 4.78 is 29.0. The zero-order valence-electron chi connectivity index (χ0n) is 20.1. The number of primary amides is 1. The molecular formula is C21H23N7O4. The van der Waals surface area contributed by atoms with Crippen LogP contribution >= 0.6 is 0 Å². The van der Waals surface area contributed by atoms with Gasteiger partial charge in [-0.25, -0.2) is 4.98 Å². The Morgan fingerprint density at radius 3 is 2.78 bits per heavy atom. The largest absolute Gasteiger partial charge is 0.492 e. The van der Waals surface area contributed by atoms with E-state index in [2.05, 4.69) is 20.7 Å². The SMILES string of the molecule is [2H]C([2H])([2H])NC(=O)c1cnc(NC(=O)C2CC2)cc1Nc1ccc2cnn(CC(N)=O)c2c1OC. The lowest BCUT2D eigenvalue weighted by Crippen LogP contribution is -2.21. The van der Waals surface area contributed by atoms with Crippen LogP contribution in [-0.4, -0.2) is 46.6 Å². The number of anilines is 3. The zero-order chi connectivity index (χ0) is 25.3. The number of ether oxygens (including phenoxy) is 1. The molecule has 0 bridgehead atoms. The minimum absolute atomic E-state index is 0.0696. The van der Waals surface area contributed by atoms with Crippen molar-refractivity contribution in [3.05, 3.63) is 36.2 Å². The lowest BCUT2D eigenvalue weighted by Gasteiger charge is -2.16. The van der Waals surface area contributed by atoms with Crippen molar-refractivity contribution in [1.82, 2.24) is 20.1 Å². The molecule has 1 aliphatic rings. The first kappa shape index (κ1) is 17.5. The van der Waals surface area contributed by atoms with Gasteiger partial charge in [0.05, 0.1) is 30.2 Å². The number of nitrogens with two attached hydrogens (primary N) is 1. The molecule has 166 valence electrons. The Balaban J connectivity index is 1.75. The molecule has 1 fully saturated rings. The van der Waals surface area contributed by atoms with Crippen LogP contribution in [0.2, 0.25) is 0 Å². The van der Waals surface area contributed by atoms with Crippen LogP contribution < -0.4 is 26.4 Å². The lowest BCUT2D eigenvalue weighted by atomic mass is 10.1. The number of carbonyl (C=O) groups excluding carboxylic acids is 3. The van der Waals surface area contributed by atoms with Gasteiger partial charge in [-0.1, -0.05) is 0 Å². The molecule has 5 N–H and O–H groups in total. The maximum Gasteiger partial charge on any atom is 0.254 e. The van der Waals surface area contributed by atoms with Crippen molar-refractivity contribution >= 4 is 45.8 Å². The van der Waals surface area contributed by atoms with Crippen LogP contribution in [0.1, 0.15) is 27.3 Å². The number of pyridine rings is 1. The highest BCUT2D eigenvalue weighted by Crippen LogP contribution is 2.37. The minimum atomic E-state index is -2.72. The molecule has 1 aliphatic carbocycles. The Labute approximate surface area is 187 Å². The maximum atomic E-state index is 12.7. The molecular weight excluding hydrogens is 414 g/mol. The van der Waals surface area contributed by atoms with E-state index < -0.39 is 18.8 Å². The number of hydrogen-bond donors (Lipinski definition) is 4. The number of fused-ring (bicyclic) bond motifs is 1. The Bertz CT molecular complexity index is 1320. The van der Waals surface area contributed by atoms with E-state index in [1.807, 2.05) is 5.32 Å². The Morgan fingerprint density at radius 2 is 2.09 bits per heavy atom. The number of nitrogens with zero attached hydrogens (tertiary/aromatic N) is 3. The zero-order valence-corrected chi connectivity index (χ0v) is 17.1. The summed E-state index contributed by atoms with van der Waals surface area (Å²) in [6.45, 7) is -2.90. The van der Waals surface area contributed by atoms with Gasteiger partial charge in [0, 0.05) is 34.7 Å². The van der Waals surface area contributed by atoms with Gasteiger partial charge < -0.3 is 26.4 Å². The molecule has 11 nitrogen and oxygen atoms in total. The highest BCUT2D eigenvalue weighted by atomic mass is 16.5. The smallest absolute Gasteiger partial charge is 0.254 e. The summed E-state index contributed by atoms with van der Waals surface area (Å²) in [6.07, 6.45) is 4.32. The van der Waals surface area contributed by atoms with E-state index in [0.29, 0.717) is 22.3 Å². The van der Waals surface area contributed by atoms with Gasteiger partial charge in [0.1, 0.15) is 17.9 Å². The second-order valence-electron chi connectivity index (χ2n) is 7.31. The number of carbonyl (C=O) groups is 3. The standard InChI is InChI=1S/C21H23N7O4/c1-23-21(31)13-9-24-17(27-20(30)11-3-4-11)7-15(13)26-14-6-5-12-8-25-28(10-16(22)29)18(12)19(14)32-2/h5-9,11H,3-4,10H2,1-2H3,(H2,22,29)(H,23,31)(H2,24,26,27,30)/i1D3. The van der Waals surface area contributed by atoms with Crippen molar-refractivity contribution in [2.45, 2.75) is 19.4 Å². The van der Waals surface area contributed by atoms with Crippen LogP contribution in [0.15, 0.2) is 30.6 Å². The third-order valence-corrected chi connectivity index (χ3v) is 5.00. The highest BCUT2D eigenvalue weighted by molar-refractivity contribution is 6.02. The Morgan fingerprint density at radius 1 is 1.28 bits per heavy atom. The Hall–Kier alpha value is -4.15. The Kier molecular flexibility index (Phi) is 4.67. The summed E-state index contributed by atoms with van der Waals surface area (Å²) in [4.78, 5) is 40.5. The summed E-state index contributed by atoms with van der Waals surface area (Å²) in [5.41, 5.74) is 6.30. The number of benzene rings is 1. The highest BCUT2D eigenvalue weighted by Gasteiger charge is 2.30. The summed E-state index contributed by atoms with van der Waals surface area (Å²) in [7, 11) is 1.43. The molecule has 3 amide bonds. The van der Waals surface area contributed by atoms with Crippen molar-refractivity contribution in [2.75, 3.05) is 24.7 Å². The molecule has 3 aromatic rings. The van der Waals surface area contributed by atoms with E-state index in [1.165, 1.54) is 24.1 Å². The van der Waals surface area contributed by atoms with Gasteiger partial charge in [0.15, 0.2) is 5.75 Å². The second-order valence-corrected chi connectivity index (χ2v) is 7.31. The molecule has 2 aromatic heterocycles. The fourth-order valence-electron chi connectivity index (χ4n) is 3.31. The van der Waals surface area contributed by atoms with Crippen LogP contribution in [0.25, 0.3) is 10.9 Å². The molecule has 0 spiro atoms. The van der Waals surface area contributed by atoms with Gasteiger partial charge in [-0.2, -0.15) is 5.10 Å². The molecule has 0 radical (unpaired) electrons. The fraction of sp³-hybridized carbons (Fsp3) is 0.286. The van der Waals surface area contributed by atoms with E-state index in [4.69, 9.17) is 14.6 Å². The van der Waals surface area contributed by atoms with Crippen molar-refractivity contribution in [2.24, 2.45) is 11.7 Å². The second kappa shape index (κ2) is 8.53. The molecule has 11 heteroatoms. The van der Waals surface area contributed by atoms with E-state index in [0.717, 1.165) is 12.8 Å². The van der Waals surface area contributed by atoms with Gasteiger partial charge in [0.25, 0.3) is 5.91 Å². The molecule has 1 saturated carbocycles. The number of aromatic nitrogens is 3. The van der Waals surface area contributed by atoms with Crippen molar-refractivity contribution in [3.63, 3.8) is 0 Å². The van der Waals surface area contributed by atoms with Gasteiger partial charge in [-0.3, -0.25) is 19.1 Å². The predicted molar refractivity (Wildman–Crippen MR) is 118 cm³/mol. The van der Waals surface area contributed by atoms with Crippen LogP contribution in [0.4, 0.5) is 17.2 Å². The van der Waals surface area contributed by atoms with E-state index in [9.17, 15) is 14.4 Å². The molecule has 0 aliphatic heterocycles.